The number of nitrogens with zero attached hydrogens (tertiary/aromatic N) is 1. The summed E-state index contributed by atoms with van der Waals surface area (Å²) in [5, 5.41) is 5.18. The van der Waals surface area contributed by atoms with Crippen molar-refractivity contribution >= 4 is 59.3 Å². The van der Waals surface area contributed by atoms with Crippen LogP contribution in [-0.2, 0) is 5.41 Å². The molecule has 1 nitrogen and oxygen atoms in total. The third kappa shape index (κ3) is 6.29. The van der Waals surface area contributed by atoms with E-state index in [1.54, 1.807) is 0 Å². The fourth-order valence-corrected chi connectivity index (χ4v) is 11.3. The summed E-state index contributed by atoms with van der Waals surface area (Å²) in [7, 11) is 0. The van der Waals surface area contributed by atoms with Gasteiger partial charge in [0, 0.05) is 42.6 Å². The molecule has 1 heterocycles. The smallest absolute Gasteiger partial charge is 0.0462 e. The Hall–Kier alpha value is -7.52. The van der Waals surface area contributed by atoms with Crippen LogP contribution in [0.3, 0.4) is 0 Å². The maximum absolute atomic E-state index is 2.38. The lowest BCUT2D eigenvalue weighted by Gasteiger charge is -2.27. The molecule has 0 saturated heterocycles. The second-order valence-electron chi connectivity index (χ2n) is 17.3. The molecule has 0 unspecified atom stereocenters. The van der Waals surface area contributed by atoms with Crippen molar-refractivity contribution < 1.29 is 0 Å². The molecule has 0 aliphatic heterocycles. The zero-order chi connectivity index (χ0) is 42.1. The number of anilines is 3. The van der Waals surface area contributed by atoms with Gasteiger partial charge >= 0.3 is 0 Å². The predicted octanol–water partition coefficient (Wildman–Crippen LogP) is 17.7. The standard InChI is InChI=1S/C61H43NS/c1-61(2)57-22-7-5-17-53(57)56-21-11-20-52(60(56)61)43-28-35-49(36-29-43)62(48-33-26-41(27-34-48)45-30-37-55-54-18-6-8-23-58(54)63-59(55)39-45)47-31-24-40(25-32-47)44-14-9-15-46(38-44)51-19-10-13-42-12-3-4-16-50(42)51/h3-39H,1-2H3. The number of hydrogen-bond donors (Lipinski definition) is 0. The maximum Gasteiger partial charge on any atom is 0.0462 e. The highest BCUT2D eigenvalue weighted by Gasteiger charge is 2.37. The van der Waals surface area contributed by atoms with Gasteiger partial charge in [0.25, 0.3) is 0 Å². The molecule has 298 valence electrons. The monoisotopic (exact) mass is 821 g/mol. The summed E-state index contributed by atoms with van der Waals surface area (Å²) in [6.07, 6.45) is 0. The third-order valence-corrected chi connectivity index (χ3v) is 14.4. The second-order valence-corrected chi connectivity index (χ2v) is 18.4. The number of hydrogen-bond acceptors (Lipinski definition) is 2. The van der Waals surface area contributed by atoms with Crippen LogP contribution in [-0.4, -0.2) is 0 Å². The van der Waals surface area contributed by atoms with Crippen LogP contribution in [0.1, 0.15) is 25.0 Å². The van der Waals surface area contributed by atoms with E-state index in [-0.39, 0.29) is 5.41 Å². The first-order valence-corrected chi connectivity index (χ1v) is 22.6. The summed E-state index contributed by atoms with van der Waals surface area (Å²) in [6.45, 7) is 4.73. The van der Waals surface area contributed by atoms with Crippen molar-refractivity contribution in [2.24, 2.45) is 0 Å². The summed E-state index contributed by atoms with van der Waals surface area (Å²) in [5.41, 5.74) is 18.5. The molecule has 0 radical (unpaired) electrons. The zero-order valence-corrected chi connectivity index (χ0v) is 36.0. The van der Waals surface area contributed by atoms with Crippen molar-refractivity contribution in [2.75, 3.05) is 4.90 Å². The van der Waals surface area contributed by atoms with Crippen LogP contribution in [0, 0.1) is 0 Å². The van der Waals surface area contributed by atoms with Crippen molar-refractivity contribution in [1.29, 1.82) is 0 Å². The highest BCUT2D eigenvalue weighted by Crippen LogP contribution is 2.52. The molecule has 12 rings (SSSR count). The van der Waals surface area contributed by atoms with Gasteiger partial charge in [-0.1, -0.05) is 184 Å². The van der Waals surface area contributed by atoms with Gasteiger partial charge in [0.15, 0.2) is 0 Å². The van der Waals surface area contributed by atoms with Crippen LogP contribution in [0.15, 0.2) is 224 Å². The van der Waals surface area contributed by atoms with Crippen molar-refractivity contribution in [3.8, 4) is 55.6 Å². The minimum Gasteiger partial charge on any atom is -0.311 e. The van der Waals surface area contributed by atoms with E-state index < -0.39 is 0 Å². The number of thiophene rings is 1. The summed E-state index contributed by atoms with van der Waals surface area (Å²) < 4.78 is 2.65. The Balaban J connectivity index is 0.918. The van der Waals surface area contributed by atoms with Crippen LogP contribution in [0.25, 0.3) is 86.6 Å². The Morgan fingerprint density at radius 2 is 0.841 bits per heavy atom. The average molecular weight is 822 g/mol. The minimum atomic E-state index is -0.0907. The summed E-state index contributed by atoms with van der Waals surface area (Å²) >= 11 is 1.87. The highest BCUT2D eigenvalue weighted by atomic mass is 32.1. The van der Waals surface area contributed by atoms with Crippen LogP contribution in [0.4, 0.5) is 17.1 Å². The van der Waals surface area contributed by atoms with Gasteiger partial charge in [0.1, 0.15) is 0 Å². The first-order valence-electron chi connectivity index (χ1n) is 21.8. The number of rotatable bonds is 7. The van der Waals surface area contributed by atoms with E-state index in [2.05, 4.69) is 243 Å². The van der Waals surface area contributed by atoms with E-state index in [0.29, 0.717) is 0 Å². The molecule has 63 heavy (non-hydrogen) atoms. The molecule has 1 aromatic heterocycles. The summed E-state index contributed by atoms with van der Waals surface area (Å²) in [4.78, 5) is 2.38. The van der Waals surface area contributed by atoms with Gasteiger partial charge in [-0.3, -0.25) is 0 Å². The second kappa shape index (κ2) is 14.8. The normalized spacial score (nSPS) is 12.7. The molecule has 2 heteroatoms. The average Bonchev–Trinajstić information content (AvgIpc) is 3.83. The fourth-order valence-electron chi connectivity index (χ4n) is 10.2. The molecule has 1 aliphatic carbocycles. The van der Waals surface area contributed by atoms with Gasteiger partial charge in [0.2, 0.25) is 0 Å². The quantitative estimate of drug-likeness (QED) is 0.155. The van der Waals surface area contributed by atoms with E-state index in [0.717, 1.165) is 17.1 Å². The maximum atomic E-state index is 2.38. The molecule has 0 saturated carbocycles. The van der Waals surface area contributed by atoms with Gasteiger partial charge in [-0.15, -0.1) is 11.3 Å². The van der Waals surface area contributed by atoms with Gasteiger partial charge in [-0.25, -0.2) is 0 Å². The SMILES string of the molecule is CC1(C)c2ccccc2-c2cccc(-c3ccc(N(c4ccc(-c5cccc(-c6cccc7ccccc67)c5)cc4)c4ccc(-c5ccc6c(c5)sc5ccccc56)cc4)cc3)c21. The van der Waals surface area contributed by atoms with Crippen LogP contribution < -0.4 is 4.90 Å². The Kier molecular flexibility index (Phi) is 8.77. The molecule has 0 N–H and O–H groups in total. The number of benzene rings is 10. The van der Waals surface area contributed by atoms with E-state index in [4.69, 9.17) is 0 Å². The fraction of sp³-hybridized carbons (Fsp3) is 0.0492. The van der Waals surface area contributed by atoms with Crippen molar-refractivity contribution in [3.63, 3.8) is 0 Å². The topological polar surface area (TPSA) is 3.24 Å². The lowest BCUT2D eigenvalue weighted by atomic mass is 9.79. The van der Waals surface area contributed by atoms with Crippen molar-refractivity contribution in [2.45, 2.75) is 19.3 Å². The van der Waals surface area contributed by atoms with Gasteiger partial charge in [0.05, 0.1) is 0 Å². The Morgan fingerprint density at radius 3 is 1.60 bits per heavy atom. The van der Waals surface area contributed by atoms with Gasteiger partial charge < -0.3 is 4.90 Å². The minimum absolute atomic E-state index is 0.0907. The highest BCUT2D eigenvalue weighted by molar-refractivity contribution is 7.25. The molecule has 11 aromatic rings. The van der Waals surface area contributed by atoms with E-state index in [9.17, 15) is 0 Å². The Morgan fingerprint density at radius 1 is 0.333 bits per heavy atom. The summed E-state index contributed by atoms with van der Waals surface area (Å²) in [6, 6.07) is 82.8. The predicted molar refractivity (Wildman–Crippen MR) is 271 cm³/mol. The molecule has 10 aromatic carbocycles. The lowest BCUT2D eigenvalue weighted by Crippen LogP contribution is -2.16. The molecule has 0 amide bonds. The van der Waals surface area contributed by atoms with E-state index >= 15 is 0 Å². The molecule has 0 fully saturated rings. The van der Waals surface area contributed by atoms with E-state index in [1.807, 2.05) is 11.3 Å². The van der Waals surface area contributed by atoms with Crippen molar-refractivity contribution in [1.82, 2.24) is 0 Å². The Bertz CT molecular complexity index is 3510. The van der Waals surface area contributed by atoms with Crippen molar-refractivity contribution in [3.05, 3.63) is 236 Å². The number of fused-ring (bicyclic) bond motifs is 7. The molecule has 0 spiro atoms. The zero-order valence-electron chi connectivity index (χ0n) is 35.2. The largest absolute Gasteiger partial charge is 0.311 e. The molecule has 1 aliphatic rings. The molecule has 0 atom stereocenters. The molecule has 0 bridgehead atoms. The van der Waals surface area contributed by atoms with Crippen LogP contribution in [0.2, 0.25) is 0 Å². The molecular weight excluding hydrogens is 779 g/mol. The van der Waals surface area contributed by atoms with E-state index in [1.165, 1.54) is 97.7 Å². The van der Waals surface area contributed by atoms with Gasteiger partial charge in [-0.05, 0) is 132 Å². The van der Waals surface area contributed by atoms with Crippen LogP contribution >= 0.6 is 11.3 Å². The first kappa shape index (κ1) is 37.3. The lowest BCUT2D eigenvalue weighted by molar-refractivity contribution is 0.662. The summed E-state index contributed by atoms with van der Waals surface area (Å²) in [5.74, 6) is 0. The van der Waals surface area contributed by atoms with Gasteiger partial charge in [-0.2, -0.15) is 0 Å². The van der Waals surface area contributed by atoms with Crippen LogP contribution in [0.5, 0.6) is 0 Å². The third-order valence-electron chi connectivity index (χ3n) is 13.3. The molecular formula is C61H43NS. The Labute approximate surface area is 372 Å². The first-order chi connectivity index (χ1) is 31.0.